The number of nitrogens with one attached hydrogen (secondary N) is 1. The number of nitrogens with zero attached hydrogens (tertiary/aromatic N) is 2. The molecule has 0 saturated heterocycles. The van der Waals surface area contributed by atoms with Gasteiger partial charge in [0.2, 0.25) is 5.78 Å². The van der Waals surface area contributed by atoms with Gasteiger partial charge in [-0.15, -0.1) is 0 Å². The van der Waals surface area contributed by atoms with E-state index in [9.17, 15) is 4.79 Å². The first-order valence-electron chi connectivity index (χ1n) is 6.55. The van der Waals surface area contributed by atoms with E-state index >= 15 is 0 Å². The second-order valence-corrected chi connectivity index (χ2v) is 5.19. The summed E-state index contributed by atoms with van der Waals surface area (Å²) in [7, 11) is 0. The number of para-hydroxylation sites is 1. The van der Waals surface area contributed by atoms with Crippen LogP contribution < -0.4 is 5.56 Å². The van der Waals surface area contributed by atoms with E-state index in [4.69, 9.17) is 0 Å². The molecule has 0 bridgehead atoms. The minimum atomic E-state index is -0.0192. The van der Waals surface area contributed by atoms with Crippen molar-refractivity contribution in [3.05, 3.63) is 57.9 Å². The monoisotopic (exact) mass is 263 g/mol. The average Bonchev–Trinajstić information content (AvgIpc) is 2.80. The summed E-state index contributed by atoms with van der Waals surface area (Å²) in [6, 6.07) is 11.7. The SMILES string of the molecule is Cc1ccc2nc3[nH]c4cccc(C)c4n3c(=O)c2c1. The van der Waals surface area contributed by atoms with Crippen LogP contribution in [-0.4, -0.2) is 14.4 Å². The van der Waals surface area contributed by atoms with Crippen molar-refractivity contribution in [1.82, 2.24) is 14.4 Å². The van der Waals surface area contributed by atoms with E-state index in [1.165, 1.54) is 0 Å². The molecule has 2 heterocycles. The van der Waals surface area contributed by atoms with E-state index in [0.29, 0.717) is 11.2 Å². The molecule has 0 saturated carbocycles. The normalized spacial score (nSPS) is 11.7. The maximum atomic E-state index is 12.8. The smallest absolute Gasteiger partial charge is 0.267 e. The molecule has 0 fully saturated rings. The lowest BCUT2D eigenvalue weighted by Gasteiger charge is -2.01. The molecule has 0 aliphatic carbocycles. The molecule has 4 rings (SSSR count). The molecule has 0 amide bonds. The molecule has 4 heteroatoms. The molecule has 20 heavy (non-hydrogen) atoms. The third-order valence-corrected chi connectivity index (χ3v) is 3.73. The largest absolute Gasteiger partial charge is 0.323 e. The molecule has 0 unspecified atom stereocenters. The van der Waals surface area contributed by atoms with Gasteiger partial charge in [-0.1, -0.05) is 23.8 Å². The summed E-state index contributed by atoms with van der Waals surface area (Å²) >= 11 is 0. The van der Waals surface area contributed by atoms with Gasteiger partial charge in [-0.2, -0.15) is 0 Å². The maximum Gasteiger partial charge on any atom is 0.267 e. The summed E-state index contributed by atoms with van der Waals surface area (Å²) in [5.41, 5.74) is 4.67. The van der Waals surface area contributed by atoms with Crippen LogP contribution in [0.5, 0.6) is 0 Å². The lowest BCUT2D eigenvalue weighted by molar-refractivity contribution is 1.11. The Labute approximate surface area is 114 Å². The molecular weight excluding hydrogens is 250 g/mol. The molecule has 4 nitrogen and oxygen atoms in total. The Bertz CT molecular complexity index is 1040. The molecule has 1 N–H and O–H groups in total. The number of H-pyrrole nitrogens is 1. The standard InChI is InChI=1S/C16H13N3O/c1-9-6-7-12-11(8-9)15(20)19-14-10(2)4-3-5-13(14)18-16(19)17-12/h3-8H,1-2H3,(H,17,18). The van der Waals surface area contributed by atoms with Crippen LogP contribution in [0.25, 0.3) is 27.7 Å². The Morgan fingerprint density at radius 2 is 2.00 bits per heavy atom. The van der Waals surface area contributed by atoms with Crippen LogP contribution in [0.15, 0.2) is 41.2 Å². The topological polar surface area (TPSA) is 50.2 Å². The quantitative estimate of drug-likeness (QED) is 0.530. The zero-order chi connectivity index (χ0) is 13.9. The number of hydrogen-bond acceptors (Lipinski definition) is 2. The van der Waals surface area contributed by atoms with E-state index in [1.54, 1.807) is 4.40 Å². The van der Waals surface area contributed by atoms with E-state index in [-0.39, 0.29) is 5.56 Å². The fourth-order valence-corrected chi connectivity index (χ4v) is 2.77. The number of aryl methyl sites for hydroxylation is 2. The summed E-state index contributed by atoms with van der Waals surface area (Å²) < 4.78 is 1.67. The molecule has 0 aliphatic heterocycles. The molecule has 98 valence electrons. The van der Waals surface area contributed by atoms with Gasteiger partial charge in [0.05, 0.1) is 21.9 Å². The van der Waals surface area contributed by atoms with Gasteiger partial charge in [0, 0.05) is 0 Å². The third kappa shape index (κ3) is 1.36. The number of aromatic nitrogens is 3. The van der Waals surface area contributed by atoms with Crippen molar-refractivity contribution in [2.45, 2.75) is 13.8 Å². The van der Waals surface area contributed by atoms with Crippen molar-refractivity contribution >= 4 is 27.7 Å². The van der Waals surface area contributed by atoms with Crippen molar-refractivity contribution in [3.8, 4) is 0 Å². The van der Waals surface area contributed by atoms with Crippen molar-refractivity contribution in [2.75, 3.05) is 0 Å². The second-order valence-electron chi connectivity index (χ2n) is 5.19. The highest BCUT2D eigenvalue weighted by atomic mass is 16.1. The summed E-state index contributed by atoms with van der Waals surface area (Å²) in [5.74, 6) is 0.593. The molecule has 2 aromatic heterocycles. The number of benzene rings is 2. The Balaban J connectivity index is 2.36. The van der Waals surface area contributed by atoms with Gasteiger partial charge in [0.15, 0.2) is 0 Å². The lowest BCUT2D eigenvalue weighted by atomic mass is 10.1. The number of imidazole rings is 1. The highest BCUT2D eigenvalue weighted by Crippen LogP contribution is 2.19. The number of fused-ring (bicyclic) bond motifs is 4. The van der Waals surface area contributed by atoms with Crippen LogP contribution in [0.2, 0.25) is 0 Å². The highest BCUT2D eigenvalue weighted by Gasteiger charge is 2.12. The van der Waals surface area contributed by atoms with Crippen LogP contribution in [0, 0.1) is 13.8 Å². The Morgan fingerprint density at radius 1 is 1.15 bits per heavy atom. The van der Waals surface area contributed by atoms with Crippen molar-refractivity contribution in [1.29, 1.82) is 0 Å². The van der Waals surface area contributed by atoms with Gasteiger partial charge < -0.3 is 4.98 Å². The molecule has 0 spiro atoms. The molecule has 0 radical (unpaired) electrons. The van der Waals surface area contributed by atoms with Gasteiger partial charge in [0.1, 0.15) is 0 Å². The average molecular weight is 263 g/mol. The van der Waals surface area contributed by atoms with Crippen molar-refractivity contribution in [3.63, 3.8) is 0 Å². The van der Waals surface area contributed by atoms with Gasteiger partial charge >= 0.3 is 0 Å². The summed E-state index contributed by atoms with van der Waals surface area (Å²) in [6.45, 7) is 3.98. The van der Waals surface area contributed by atoms with Gasteiger partial charge in [-0.25, -0.2) is 9.38 Å². The van der Waals surface area contributed by atoms with Gasteiger partial charge in [-0.3, -0.25) is 4.79 Å². The van der Waals surface area contributed by atoms with Crippen molar-refractivity contribution < 1.29 is 0 Å². The highest BCUT2D eigenvalue weighted by molar-refractivity contribution is 5.87. The van der Waals surface area contributed by atoms with Crippen LogP contribution in [-0.2, 0) is 0 Å². The Morgan fingerprint density at radius 3 is 2.85 bits per heavy atom. The summed E-state index contributed by atoms with van der Waals surface area (Å²) in [4.78, 5) is 20.6. The first-order chi connectivity index (χ1) is 9.65. The minimum Gasteiger partial charge on any atom is -0.323 e. The van der Waals surface area contributed by atoms with Crippen LogP contribution >= 0.6 is 0 Å². The third-order valence-electron chi connectivity index (χ3n) is 3.73. The van der Waals surface area contributed by atoms with Crippen LogP contribution in [0.4, 0.5) is 0 Å². The Hall–Kier alpha value is -2.62. The number of hydrogen-bond donors (Lipinski definition) is 1. The van der Waals surface area contributed by atoms with E-state index in [1.807, 2.05) is 50.2 Å². The minimum absolute atomic E-state index is 0.0192. The molecule has 0 atom stereocenters. The number of aromatic amines is 1. The molecule has 2 aromatic carbocycles. The van der Waals surface area contributed by atoms with E-state index in [0.717, 1.165) is 27.7 Å². The predicted octanol–water partition coefficient (Wildman–Crippen LogP) is 2.95. The fraction of sp³-hybridized carbons (Fsp3) is 0.125. The van der Waals surface area contributed by atoms with E-state index < -0.39 is 0 Å². The number of rotatable bonds is 0. The first kappa shape index (κ1) is 11.2. The molecule has 4 aromatic rings. The van der Waals surface area contributed by atoms with Crippen LogP contribution in [0.3, 0.4) is 0 Å². The summed E-state index contributed by atoms with van der Waals surface area (Å²) in [5, 5.41) is 0.659. The first-order valence-corrected chi connectivity index (χ1v) is 6.55. The van der Waals surface area contributed by atoms with Crippen molar-refractivity contribution in [2.24, 2.45) is 0 Å². The van der Waals surface area contributed by atoms with Crippen LogP contribution in [0.1, 0.15) is 11.1 Å². The lowest BCUT2D eigenvalue weighted by Crippen LogP contribution is -2.14. The van der Waals surface area contributed by atoms with E-state index in [2.05, 4.69) is 9.97 Å². The molecule has 0 aliphatic rings. The zero-order valence-corrected chi connectivity index (χ0v) is 11.3. The predicted molar refractivity (Wildman–Crippen MR) is 80.3 cm³/mol. The maximum absolute atomic E-state index is 12.8. The summed E-state index contributed by atoms with van der Waals surface area (Å²) in [6.07, 6.45) is 0. The molecular formula is C16H13N3O. The fourth-order valence-electron chi connectivity index (χ4n) is 2.77. The Kier molecular flexibility index (Phi) is 2.07. The van der Waals surface area contributed by atoms with Gasteiger partial charge in [0.25, 0.3) is 5.56 Å². The second kappa shape index (κ2) is 3.70. The van der Waals surface area contributed by atoms with Gasteiger partial charge in [-0.05, 0) is 37.6 Å². The zero-order valence-electron chi connectivity index (χ0n) is 11.3.